The molecule has 0 spiro atoms. The maximum atomic E-state index is 12.6. The highest BCUT2D eigenvalue weighted by molar-refractivity contribution is 5.85. The quantitative estimate of drug-likeness (QED) is 0.899. The van der Waals surface area contributed by atoms with Crippen LogP contribution in [0.5, 0.6) is 0 Å². The number of halogens is 1. The van der Waals surface area contributed by atoms with Gasteiger partial charge in [0.1, 0.15) is 0 Å². The zero-order valence-electron chi connectivity index (χ0n) is 14.4. The lowest BCUT2D eigenvalue weighted by Gasteiger charge is -2.37. The average Bonchev–Trinajstić information content (AvgIpc) is 2.89. The standard InChI is InChI=1S/C16H24N6O.ClH/c1-10-4-5-21(13(6-10)9-17)15(23)8-14-19-16-18-11(2)7-12(3)22(16)20-14;/h7,10,13H,4-6,8-9,17H2,1-3H3;1H. The van der Waals surface area contributed by atoms with Crippen LogP contribution in [0.1, 0.15) is 37.0 Å². The van der Waals surface area contributed by atoms with E-state index in [1.54, 1.807) is 4.52 Å². The van der Waals surface area contributed by atoms with E-state index in [2.05, 4.69) is 22.0 Å². The number of carbonyl (C=O) groups is 1. The lowest BCUT2D eigenvalue weighted by molar-refractivity contribution is -0.134. The van der Waals surface area contributed by atoms with Crippen LogP contribution in [-0.4, -0.2) is 49.5 Å². The van der Waals surface area contributed by atoms with Gasteiger partial charge in [0.2, 0.25) is 5.91 Å². The second kappa shape index (κ2) is 7.44. The number of hydrogen-bond acceptors (Lipinski definition) is 5. The third kappa shape index (κ3) is 3.67. The number of fused-ring (bicyclic) bond motifs is 1. The Morgan fingerprint density at radius 2 is 2.12 bits per heavy atom. The summed E-state index contributed by atoms with van der Waals surface area (Å²) in [6.45, 7) is 7.37. The second-order valence-electron chi connectivity index (χ2n) is 6.56. The molecular formula is C16H25ClN6O. The molecule has 2 N–H and O–H groups in total. The molecule has 3 rings (SSSR count). The first-order valence-corrected chi connectivity index (χ1v) is 8.17. The maximum absolute atomic E-state index is 12.6. The van der Waals surface area contributed by atoms with E-state index < -0.39 is 0 Å². The van der Waals surface area contributed by atoms with Crippen LogP contribution in [0.25, 0.3) is 5.78 Å². The highest BCUT2D eigenvalue weighted by atomic mass is 35.5. The van der Waals surface area contributed by atoms with Gasteiger partial charge < -0.3 is 10.6 Å². The van der Waals surface area contributed by atoms with Crippen LogP contribution >= 0.6 is 12.4 Å². The Balaban J connectivity index is 0.00000208. The van der Waals surface area contributed by atoms with Crippen LogP contribution in [0, 0.1) is 19.8 Å². The summed E-state index contributed by atoms with van der Waals surface area (Å²) < 4.78 is 1.69. The van der Waals surface area contributed by atoms with Gasteiger partial charge in [-0.05, 0) is 38.7 Å². The largest absolute Gasteiger partial charge is 0.338 e. The Morgan fingerprint density at radius 3 is 2.83 bits per heavy atom. The van der Waals surface area contributed by atoms with Gasteiger partial charge in [-0.1, -0.05) is 6.92 Å². The van der Waals surface area contributed by atoms with Gasteiger partial charge in [0, 0.05) is 30.5 Å². The van der Waals surface area contributed by atoms with Crippen molar-refractivity contribution in [3.8, 4) is 0 Å². The van der Waals surface area contributed by atoms with Crippen molar-refractivity contribution in [2.24, 2.45) is 11.7 Å². The SMILES string of the molecule is Cc1cc(C)n2nc(CC(=O)N3CCC(C)CC3CN)nc2n1.Cl. The van der Waals surface area contributed by atoms with E-state index in [4.69, 9.17) is 5.73 Å². The minimum Gasteiger partial charge on any atom is -0.338 e. The molecule has 132 valence electrons. The molecule has 0 saturated carbocycles. The molecule has 0 aliphatic carbocycles. The molecule has 1 saturated heterocycles. The van der Waals surface area contributed by atoms with Crippen LogP contribution in [0.4, 0.5) is 0 Å². The minimum absolute atomic E-state index is 0. The molecule has 7 nitrogen and oxygen atoms in total. The lowest BCUT2D eigenvalue weighted by Crippen LogP contribution is -2.49. The Hall–Kier alpha value is -1.73. The van der Waals surface area contributed by atoms with Crippen LogP contribution in [0.15, 0.2) is 6.07 Å². The number of aryl methyl sites for hydroxylation is 2. The molecule has 2 unspecified atom stereocenters. The van der Waals surface area contributed by atoms with Crippen molar-refractivity contribution in [3.05, 3.63) is 23.3 Å². The number of likely N-dealkylation sites (tertiary alicyclic amines) is 1. The first kappa shape index (κ1) is 18.6. The topological polar surface area (TPSA) is 89.4 Å². The summed E-state index contributed by atoms with van der Waals surface area (Å²) in [6.07, 6.45) is 2.20. The molecule has 2 aromatic heterocycles. The van der Waals surface area contributed by atoms with Gasteiger partial charge in [-0.25, -0.2) is 9.50 Å². The predicted molar refractivity (Wildman–Crippen MR) is 94.2 cm³/mol. The third-order valence-corrected chi connectivity index (χ3v) is 4.54. The van der Waals surface area contributed by atoms with E-state index in [-0.39, 0.29) is 30.8 Å². The Morgan fingerprint density at radius 1 is 1.38 bits per heavy atom. The monoisotopic (exact) mass is 352 g/mol. The van der Waals surface area contributed by atoms with Crippen molar-refractivity contribution in [3.63, 3.8) is 0 Å². The van der Waals surface area contributed by atoms with E-state index in [9.17, 15) is 4.79 Å². The Bertz CT molecular complexity index is 731. The summed E-state index contributed by atoms with van der Waals surface area (Å²) in [6, 6.07) is 2.08. The van der Waals surface area contributed by atoms with Gasteiger partial charge in [0.25, 0.3) is 5.78 Å². The van der Waals surface area contributed by atoms with Crippen molar-refractivity contribution >= 4 is 24.1 Å². The number of rotatable bonds is 3. The first-order valence-electron chi connectivity index (χ1n) is 8.17. The Labute approximate surface area is 148 Å². The molecule has 1 amide bonds. The smallest absolute Gasteiger partial charge is 0.252 e. The summed E-state index contributed by atoms with van der Waals surface area (Å²) in [4.78, 5) is 23.3. The summed E-state index contributed by atoms with van der Waals surface area (Å²) in [5.74, 6) is 1.74. The minimum atomic E-state index is 0. The van der Waals surface area contributed by atoms with Crippen molar-refractivity contribution in [1.29, 1.82) is 0 Å². The number of amides is 1. The molecule has 0 bridgehead atoms. The molecule has 0 aromatic carbocycles. The van der Waals surface area contributed by atoms with Crippen LogP contribution in [0.3, 0.4) is 0 Å². The highest BCUT2D eigenvalue weighted by Crippen LogP contribution is 2.22. The van der Waals surface area contributed by atoms with E-state index in [1.165, 1.54) is 0 Å². The van der Waals surface area contributed by atoms with Gasteiger partial charge in [-0.2, -0.15) is 4.98 Å². The molecule has 2 aromatic rings. The predicted octanol–water partition coefficient (Wildman–Crippen LogP) is 1.29. The number of piperidine rings is 1. The molecule has 2 atom stereocenters. The summed E-state index contributed by atoms with van der Waals surface area (Å²) in [5.41, 5.74) is 7.71. The van der Waals surface area contributed by atoms with Gasteiger partial charge in [0.15, 0.2) is 5.82 Å². The molecule has 1 aliphatic rings. The number of nitrogens with zero attached hydrogens (tertiary/aromatic N) is 5. The average molecular weight is 353 g/mol. The highest BCUT2D eigenvalue weighted by Gasteiger charge is 2.29. The van der Waals surface area contributed by atoms with Crippen molar-refractivity contribution in [2.75, 3.05) is 13.1 Å². The van der Waals surface area contributed by atoms with Crippen molar-refractivity contribution in [1.82, 2.24) is 24.5 Å². The van der Waals surface area contributed by atoms with E-state index in [0.717, 1.165) is 30.8 Å². The second-order valence-corrected chi connectivity index (χ2v) is 6.56. The van der Waals surface area contributed by atoms with E-state index in [0.29, 0.717) is 24.1 Å². The van der Waals surface area contributed by atoms with Crippen LogP contribution in [0.2, 0.25) is 0 Å². The molecular weight excluding hydrogens is 328 g/mol. The Kier molecular flexibility index (Phi) is 5.77. The fourth-order valence-electron chi connectivity index (χ4n) is 3.32. The zero-order chi connectivity index (χ0) is 16.6. The van der Waals surface area contributed by atoms with Gasteiger partial charge in [-0.15, -0.1) is 17.5 Å². The van der Waals surface area contributed by atoms with Crippen LogP contribution in [-0.2, 0) is 11.2 Å². The molecule has 3 heterocycles. The number of carbonyl (C=O) groups excluding carboxylic acids is 1. The molecule has 24 heavy (non-hydrogen) atoms. The summed E-state index contributed by atoms with van der Waals surface area (Å²) in [5, 5.41) is 4.42. The normalized spacial score (nSPS) is 20.9. The van der Waals surface area contributed by atoms with Gasteiger partial charge in [0.05, 0.1) is 6.42 Å². The number of nitrogens with two attached hydrogens (primary N) is 1. The number of hydrogen-bond donors (Lipinski definition) is 1. The van der Waals surface area contributed by atoms with E-state index >= 15 is 0 Å². The van der Waals surface area contributed by atoms with Gasteiger partial charge >= 0.3 is 0 Å². The summed E-state index contributed by atoms with van der Waals surface area (Å²) in [7, 11) is 0. The third-order valence-electron chi connectivity index (χ3n) is 4.54. The maximum Gasteiger partial charge on any atom is 0.252 e. The van der Waals surface area contributed by atoms with E-state index in [1.807, 2.05) is 24.8 Å². The molecule has 8 heteroatoms. The molecule has 0 radical (unpaired) electrons. The molecule has 1 aliphatic heterocycles. The zero-order valence-corrected chi connectivity index (χ0v) is 15.2. The number of aromatic nitrogens is 4. The fourth-order valence-corrected chi connectivity index (χ4v) is 3.32. The fraction of sp³-hybridized carbons (Fsp3) is 0.625. The van der Waals surface area contributed by atoms with Gasteiger partial charge in [-0.3, -0.25) is 4.79 Å². The van der Waals surface area contributed by atoms with Crippen molar-refractivity contribution in [2.45, 2.75) is 46.1 Å². The summed E-state index contributed by atoms with van der Waals surface area (Å²) >= 11 is 0. The lowest BCUT2D eigenvalue weighted by atomic mass is 9.92. The van der Waals surface area contributed by atoms with Crippen LogP contribution < -0.4 is 5.73 Å². The molecule has 1 fully saturated rings. The first-order chi connectivity index (χ1) is 11.0. The van der Waals surface area contributed by atoms with Crippen molar-refractivity contribution < 1.29 is 4.79 Å².